The third-order valence-electron chi connectivity index (χ3n) is 4.42. The maximum atomic E-state index is 11.7. The molecule has 0 aromatic rings. The summed E-state index contributed by atoms with van der Waals surface area (Å²) < 4.78 is 0. The van der Waals surface area contributed by atoms with Gasteiger partial charge in [-0.15, -0.1) is 0 Å². The Balaban J connectivity index is 1.63. The predicted molar refractivity (Wildman–Crippen MR) is 73.2 cm³/mol. The van der Waals surface area contributed by atoms with Gasteiger partial charge in [0.25, 0.3) is 0 Å². The summed E-state index contributed by atoms with van der Waals surface area (Å²) in [4.78, 5) is 23.3. The highest BCUT2D eigenvalue weighted by atomic mass is 16.2. The number of carbonyl (C=O) groups excluding carboxylic acids is 2. The van der Waals surface area contributed by atoms with Crippen LogP contribution in [-0.2, 0) is 9.59 Å². The molecular weight excluding hydrogens is 242 g/mol. The smallest absolute Gasteiger partial charge is 0.239 e. The average Bonchev–Trinajstić information content (AvgIpc) is 3.24. The van der Waals surface area contributed by atoms with Gasteiger partial charge in [0, 0.05) is 6.54 Å². The normalized spacial score (nSPS) is 21.9. The van der Waals surface area contributed by atoms with Gasteiger partial charge < -0.3 is 16.4 Å². The van der Waals surface area contributed by atoms with Crippen LogP contribution >= 0.6 is 0 Å². The molecule has 5 nitrogen and oxygen atoms in total. The Labute approximate surface area is 114 Å². The van der Waals surface area contributed by atoms with Crippen LogP contribution in [0.25, 0.3) is 0 Å². The number of nitrogens with two attached hydrogens (primary N) is 1. The van der Waals surface area contributed by atoms with E-state index in [0.717, 1.165) is 12.5 Å². The number of rotatable bonds is 7. The van der Waals surface area contributed by atoms with Crippen LogP contribution in [0, 0.1) is 17.3 Å². The van der Waals surface area contributed by atoms with Crippen molar-refractivity contribution < 1.29 is 9.59 Å². The summed E-state index contributed by atoms with van der Waals surface area (Å²) in [7, 11) is 0. The molecule has 0 aliphatic heterocycles. The van der Waals surface area contributed by atoms with E-state index < -0.39 is 6.04 Å². The van der Waals surface area contributed by atoms with Gasteiger partial charge in [0.1, 0.15) is 0 Å². The lowest BCUT2D eigenvalue weighted by Gasteiger charge is -2.17. The summed E-state index contributed by atoms with van der Waals surface area (Å²) in [6.07, 6.45) is 5.11. The summed E-state index contributed by atoms with van der Waals surface area (Å²) in [6, 6.07) is -0.547. The highest BCUT2D eigenvalue weighted by Crippen LogP contribution is 2.60. The highest BCUT2D eigenvalue weighted by Gasteiger charge is 2.53. The first-order chi connectivity index (χ1) is 8.94. The highest BCUT2D eigenvalue weighted by molar-refractivity contribution is 5.87. The largest absolute Gasteiger partial charge is 0.354 e. The Morgan fingerprint density at radius 1 is 1.26 bits per heavy atom. The lowest BCUT2D eigenvalue weighted by atomic mass is 10.0. The van der Waals surface area contributed by atoms with Crippen molar-refractivity contribution in [2.45, 2.75) is 45.6 Å². The summed E-state index contributed by atoms with van der Waals surface area (Å²) in [5.41, 5.74) is 6.10. The second kappa shape index (κ2) is 5.49. The number of hydrogen-bond acceptors (Lipinski definition) is 3. The van der Waals surface area contributed by atoms with Gasteiger partial charge in [-0.3, -0.25) is 9.59 Å². The molecule has 108 valence electrons. The summed E-state index contributed by atoms with van der Waals surface area (Å²) in [5, 5.41) is 5.52. The molecule has 0 unspecified atom stereocenters. The quantitative estimate of drug-likeness (QED) is 0.624. The number of amides is 2. The van der Waals surface area contributed by atoms with Crippen LogP contribution in [0.4, 0.5) is 0 Å². The van der Waals surface area contributed by atoms with Crippen LogP contribution in [0.2, 0.25) is 0 Å². The van der Waals surface area contributed by atoms with E-state index >= 15 is 0 Å². The lowest BCUT2D eigenvalue weighted by Crippen LogP contribution is -2.47. The maximum absolute atomic E-state index is 11.7. The van der Waals surface area contributed by atoms with E-state index in [2.05, 4.69) is 10.6 Å². The Morgan fingerprint density at radius 3 is 2.37 bits per heavy atom. The van der Waals surface area contributed by atoms with Crippen molar-refractivity contribution in [3.8, 4) is 0 Å². The van der Waals surface area contributed by atoms with Gasteiger partial charge in [0.15, 0.2) is 0 Å². The minimum Gasteiger partial charge on any atom is -0.354 e. The number of nitrogens with one attached hydrogen (secondary N) is 2. The van der Waals surface area contributed by atoms with Crippen LogP contribution in [0.1, 0.15) is 39.5 Å². The van der Waals surface area contributed by atoms with Crippen LogP contribution in [-0.4, -0.2) is 30.9 Å². The fourth-order valence-electron chi connectivity index (χ4n) is 2.51. The van der Waals surface area contributed by atoms with E-state index in [-0.39, 0.29) is 24.3 Å². The average molecular weight is 267 g/mol. The minimum atomic E-state index is -0.547. The van der Waals surface area contributed by atoms with Gasteiger partial charge in [-0.2, -0.15) is 0 Å². The van der Waals surface area contributed by atoms with Gasteiger partial charge in [0.2, 0.25) is 11.8 Å². The molecule has 2 amide bonds. The molecule has 0 bridgehead atoms. The summed E-state index contributed by atoms with van der Waals surface area (Å²) in [5.74, 6) is 0.536. The molecular formula is C14H25N3O2. The first-order valence-electron chi connectivity index (χ1n) is 7.24. The van der Waals surface area contributed by atoms with Crippen molar-refractivity contribution in [1.29, 1.82) is 0 Å². The molecule has 0 aromatic heterocycles. The molecule has 0 saturated heterocycles. The molecule has 2 rings (SSSR count). The van der Waals surface area contributed by atoms with Crippen LogP contribution in [0.5, 0.6) is 0 Å². The van der Waals surface area contributed by atoms with E-state index in [1.807, 2.05) is 13.8 Å². The Morgan fingerprint density at radius 2 is 1.89 bits per heavy atom. The van der Waals surface area contributed by atoms with Crippen molar-refractivity contribution in [2.24, 2.45) is 23.0 Å². The van der Waals surface area contributed by atoms with E-state index in [1.165, 1.54) is 25.7 Å². The first kappa shape index (κ1) is 14.3. The van der Waals surface area contributed by atoms with E-state index in [1.54, 1.807) is 0 Å². The van der Waals surface area contributed by atoms with E-state index in [4.69, 9.17) is 5.73 Å². The zero-order valence-electron chi connectivity index (χ0n) is 11.9. The third kappa shape index (κ3) is 3.69. The van der Waals surface area contributed by atoms with E-state index in [0.29, 0.717) is 5.41 Å². The molecule has 5 heteroatoms. The van der Waals surface area contributed by atoms with Crippen molar-refractivity contribution in [3.63, 3.8) is 0 Å². The molecule has 0 aromatic carbocycles. The lowest BCUT2D eigenvalue weighted by molar-refractivity contribution is -0.127. The second-order valence-electron chi connectivity index (χ2n) is 6.40. The topological polar surface area (TPSA) is 84.2 Å². The fraction of sp³-hybridized carbons (Fsp3) is 0.857. The molecule has 19 heavy (non-hydrogen) atoms. The summed E-state index contributed by atoms with van der Waals surface area (Å²) in [6.45, 7) is 4.57. The van der Waals surface area contributed by atoms with Crippen LogP contribution in [0.15, 0.2) is 0 Å². The Kier molecular flexibility index (Phi) is 4.13. The zero-order chi connectivity index (χ0) is 14.0. The van der Waals surface area contributed by atoms with Gasteiger partial charge >= 0.3 is 0 Å². The fourth-order valence-corrected chi connectivity index (χ4v) is 2.51. The Hall–Kier alpha value is -1.10. The van der Waals surface area contributed by atoms with Gasteiger partial charge in [0.05, 0.1) is 12.6 Å². The molecule has 2 fully saturated rings. The van der Waals surface area contributed by atoms with Gasteiger partial charge in [-0.25, -0.2) is 0 Å². The predicted octanol–water partition coefficient (Wildman–Crippen LogP) is 0.392. The SMILES string of the molecule is CC(C)[C@H](N)C(=O)NCC(=O)NCC1(C2CC2)CC1. The van der Waals surface area contributed by atoms with Crippen LogP contribution in [0.3, 0.4) is 0 Å². The molecule has 0 radical (unpaired) electrons. The standard InChI is InChI=1S/C14H25N3O2/c1-9(2)12(15)13(19)16-7-11(18)17-8-14(5-6-14)10-3-4-10/h9-10,12H,3-8,15H2,1-2H3,(H,16,19)(H,17,18)/t12-/m0/s1. The van der Waals surface area contributed by atoms with Crippen molar-refractivity contribution >= 4 is 11.8 Å². The monoisotopic (exact) mass is 267 g/mol. The van der Waals surface area contributed by atoms with Crippen LogP contribution < -0.4 is 16.4 Å². The van der Waals surface area contributed by atoms with E-state index in [9.17, 15) is 9.59 Å². The molecule has 2 saturated carbocycles. The molecule has 4 N–H and O–H groups in total. The zero-order valence-corrected chi connectivity index (χ0v) is 11.9. The summed E-state index contributed by atoms with van der Waals surface area (Å²) >= 11 is 0. The first-order valence-corrected chi connectivity index (χ1v) is 7.24. The molecule has 0 spiro atoms. The molecule has 2 aliphatic rings. The third-order valence-corrected chi connectivity index (χ3v) is 4.42. The number of hydrogen-bond donors (Lipinski definition) is 3. The van der Waals surface area contributed by atoms with Gasteiger partial charge in [-0.1, -0.05) is 13.8 Å². The van der Waals surface area contributed by atoms with Crippen molar-refractivity contribution in [1.82, 2.24) is 10.6 Å². The second-order valence-corrected chi connectivity index (χ2v) is 6.40. The molecule has 2 aliphatic carbocycles. The molecule has 1 atom stereocenters. The van der Waals surface area contributed by atoms with Gasteiger partial charge in [-0.05, 0) is 42.9 Å². The minimum absolute atomic E-state index is 0.0278. The maximum Gasteiger partial charge on any atom is 0.239 e. The number of carbonyl (C=O) groups is 2. The van der Waals surface area contributed by atoms with Crippen molar-refractivity contribution in [3.05, 3.63) is 0 Å². The van der Waals surface area contributed by atoms with Crippen molar-refractivity contribution in [2.75, 3.05) is 13.1 Å². The molecule has 0 heterocycles. The Bertz CT molecular complexity index is 360.